The lowest BCUT2D eigenvalue weighted by Crippen LogP contribution is -2.52. The smallest absolute Gasteiger partial charge is 0.306 e. The van der Waals surface area contributed by atoms with Crippen LogP contribution in [0.15, 0.2) is 42.5 Å². The van der Waals surface area contributed by atoms with Crippen LogP contribution in [0.2, 0.25) is 0 Å². The number of carboxylic acid groups (broad SMARTS) is 1. The van der Waals surface area contributed by atoms with Crippen LogP contribution in [0.3, 0.4) is 0 Å². The first-order valence-electron chi connectivity index (χ1n) is 7.29. The lowest BCUT2D eigenvalue weighted by molar-refractivity contribution is -0.138. The van der Waals surface area contributed by atoms with Crippen LogP contribution in [0, 0.1) is 11.6 Å². The highest BCUT2D eigenvalue weighted by atomic mass is 19.2. The summed E-state index contributed by atoms with van der Waals surface area (Å²) in [6.45, 7) is 0. The van der Waals surface area contributed by atoms with Crippen molar-refractivity contribution in [3.8, 4) is 0 Å². The van der Waals surface area contributed by atoms with Gasteiger partial charge in [0.1, 0.15) is 6.04 Å². The number of anilines is 2. The van der Waals surface area contributed by atoms with E-state index in [0.29, 0.717) is 11.8 Å². The maximum absolute atomic E-state index is 13.5. The van der Waals surface area contributed by atoms with E-state index in [9.17, 15) is 23.2 Å². The predicted molar refractivity (Wildman–Crippen MR) is 84.3 cm³/mol. The first-order chi connectivity index (χ1) is 11.9. The topological polar surface area (TPSA) is 86.7 Å². The number of nitrogens with zero attached hydrogens (tertiary/aromatic N) is 1. The monoisotopic (exact) mass is 346 g/mol. The Kier molecular flexibility index (Phi) is 4.18. The number of hydrogen-bond donors (Lipinski definition) is 2. The minimum absolute atomic E-state index is 0.196. The van der Waals surface area contributed by atoms with Crippen LogP contribution in [0.25, 0.3) is 0 Å². The molecule has 0 saturated heterocycles. The predicted octanol–water partition coefficient (Wildman–Crippen LogP) is 2.41. The van der Waals surface area contributed by atoms with Crippen molar-refractivity contribution >= 4 is 29.2 Å². The van der Waals surface area contributed by atoms with E-state index in [4.69, 9.17) is 5.11 Å². The summed E-state index contributed by atoms with van der Waals surface area (Å²) >= 11 is 0. The first kappa shape index (κ1) is 16.6. The molecule has 6 nitrogen and oxygen atoms in total. The number of halogens is 2. The molecule has 0 spiro atoms. The van der Waals surface area contributed by atoms with Crippen molar-refractivity contribution in [1.82, 2.24) is 0 Å². The zero-order chi connectivity index (χ0) is 18.1. The number of aliphatic carboxylic acids is 1. The van der Waals surface area contributed by atoms with Gasteiger partial charge in [0.05, 0.1) is 17.8 Å². The second-order valence-electron chi connectivity index (χ2n) is 5.42. The summed E-state index contributed by atoms with van der Waals surface area (Å²) in [4.78, 5) is 37.2. The van der Waals surface area contributed by atoms with Gasteiger partial charge in [-0.2, -0.15) is 0 Å². The molecule has 2 N–H and O–H groups in total. The molecule has 1 atom stereocenters. The fourth-order valence-corrected chi connectivity index (χ4v) is 2.66. The SMILES string of the molecule is O=C(O)CC1C(=O)Nc2ccccc2N1C(=O)c1ccc(F)c(F)c1. The molecule has 0 aromatic heterocycles. The molecule has 1 unspecified atom stereocenters. The van der Waals surface area contributed by atoms with Crippen molar-refractivity contribution in [1.29, 1.82) is 0 Å². The van der Waals surface area contributed by atoms with Crippen LogP contribution in [-0.2, 0) is 9.59 Å². The molecule has 0 radical (unpaired) electrons. The van der Waals surface area contributed by atoms with Crippen molar-refractivity contribution in [3.63, 3.8) is 0 Å². The van der Waals surface area contributed by atoms with Gasteiger partial charge in [0.15, 0.2) is 11.6 Å². The molecule has 2 amide bonds. The number of fused-ring (bicyclic) bond motifs is 1. The summed E-state index contributed by atoms with van der Waals surface area (Å²) in [6.07, 6.45) is -0.629. The number of amides is 2. The number of carbonyl (C=O) groups is 3. The van der Waals surface area contributed by atoms with Crippen molar-refractivity contribution in [2.45, 2.75) is 12.5 Å². The molecule has 1 aliphatic heterocycles. The van der Waals surface area contributed by atoms with Crippen molar-refractivity contribution in [2.75, 3.05) is 10.2 Å². The number of carbonyl (C=O) groups excluding carboxylic acids is 2. The van der Waals surface area contributed by atoms with Crippen LogP contribution in [0.4, 0.5) is 20.2 Å². The molecule has 0 bridgehead atoms. The first-order valence-corrected chi connectivity index (χ1v) is 7.29. The minimum Gasteiger partial charge on any atom is -0.481 e. The van der Waals surface area contributed by atoms with Gasteiger partial charge in [-0.3, -0.25) is 19.3 Å². The third-order valence-electron chi connectivity index (χ3n) is 3.79. The molecule has 0 saturated carbocycles. The fourth-order valence-electron chi connectivity index (χ4n) is 2.66. The van der Waals surface area contributed by atoms with Gasteiger partial charge in [-0.15, -0.1) is 0 Å². The lowest BCUT2D eigenvalue weighted by Gasteiger charge is -2.35. The average Bonchev–Trinajstić information content (AvgIpc) is 2.57. The quantitative estimate of drug-likeness (QED) is 0.894. The van der Waals surface area contributed by atoms with Crippen LogP contribution in [0.5, 0.6) is 0 Å². The van der Waals surface area contributed by atoms with Gasteiger partial charge in [-0.1, -0.05) is 12.1 Å². The van der Waals surface area contributed by atoms with Crippen LogP contribution >= 0.6 is 0 Å². The average molecular weight is 346 g/mol. The Labute approximate surface area is 140 Å². The minimum atomic E-state index is -1.31. The van der Waals surface area contributed by atoms with Crippen LogP contribution < -0.4 is 10.2 Å². The van der Waals surface area contributed by atoms with Gasteiger partial charge in [0, 0.05) is 5.56 Å². The fraction of sp³-hybridized carbons (Fsp3) is 0.118. The Bertz CT molecular complexity index is 885. The van der Waals surface area contributed by atoms with E-state index in [1.165, 1.54) is 6.07 Å². The van der Waals surface area contributed by atoms with E-state index in [1.807, 2.05) is 0 Å². The number of para-hydroxylation sites is 2. The second-order valence-corrected chi connectivity index (χ2v) is 5.42. The molecule has 1 aliphatic rings. The molecule has 2 aromatic carbocycles. The molecule has 0 fully saturated rings. The lowest BCUT2D eigenvalue weighted by atomic mass is 10.0. The van der Waals surface area contributed by atoms with Crippen molar-refractivity contribution in [2.24, 2.45) is 0 Å². The van der Waals surface area contributed by atoms with E-state index in [1.54, 1.807) is 18.2 Å². The number of carboxylic acids is 1. The summed E-state index contributed by atoms with van der Waals surface area (Å²) in [7, 11) is 0. The summed E-state index contributed by atoms with van der Waals surface area (Å²) in [6, 6.07) is 7.60. The zero-order valence-corrected chi connectivity index (χ0v) is 12.7. The Hall–Kier alpha value is -3.29. The number of benzene rings is 2. The Morgan fingerprint density at radius 1 is 1.12 bits per heavy atom. The molecule has 3 rings (SSSR count). The van der Waals surface area contributed by atoms with Crippen molar-refractivity contribution < 1.29 is 28.3 Å². The third kappa shape index (κ3) is 3.06. The highest BCUT2D eigenvalue weighted by molar-refractivity contribution is 6.17. The molecule has 8 heteroatoms. The van der Waals surface area contributed by atoms with E-state index < -0.39 is 41.9 Å². The van der Waals surface area contributed by atoms with Gasteiger partial charge < -0.3 is 10.4 Å². The maximum atomic E-state index is 13.5. The van der Waals surface area contributed by atoms with Crippen LogP contribution in [-0.4, -0.2) is 28.9 Å². The summed E-state index contributed by atoms with van der Waals surface area (Å²) < 4.78 is 26.6. The number of rotatable bonds is 3. The normalized spacial score (nSPS) is 16.2. The maximum Gasteiger partial charge on any atom is 0.306 e. The third-order valence-corrected chi connectivity index (χ3v) is 3.79. The van der Waals surface area contributed by atoms with Crippen LogP contribution in [0.1, 0.15) is 16.8 Å². The largest absolute Gasteiger partial charge is 0.481 e. The second kappa shape index (κ2) is 6.31. The van der Waals surface area contributed by atoms with Gasteiger partial charge in [0.25, 0.3) is 5.91 Å². The number of hydrogen-bond acceptors (Lipinski definition) is 3. The molecule has 25 heavy (non-hydrogen) atoms. The highest BCUT2D eigenvalue weighted by Gasteiger charge is 2.38. The van der Waals surface area contributed by atoms with Crippen molar-refractivity contribution in [3.05, 3.63) is 59.7 Å². The zero-order valence-electron chi connectivity index (χ0n) is 12.7. The Morgan fingerprint density at radius 2 is 1.84 bits per heavy atom. The van der Waals surface area contributed by atoms with Gasteiger partial charge in [-0.25, -0.2) is 8.78 Å². The Balaban J connectivity index is 2.10. The van der Waals surface area contributed by atoms with E-state index in [-0.39, 0.29) is 11.3 Å². The standard InChI is InChI=1S/C17H12F2N2O4/c18-10-6-5-9(7-11(10)19)17(25)21-13-4-2-1-3-12(13)20-16(24)14(21)8-15(22)23/h1-7,14H,8H2,(H,20,24)(H,22,23). The molecular formula is C17H12F2N2O4. The molecule has 1 heterocycles. The Morgan fingerprint density at radius 3 is 2.52 bits per heavy atom. The molecular weight excluding hydrogens is 334 g/mol. The molecule has 0 aliphatic carbocycles. The summed E-state index contributed by atoms with van der Waals surface area (Å²) in [5.74, 6) is -5.07. The molecule has 128 valence electrons. The van der Waals surface area contributed by atoms with Gasteiger partial charge in [-0.05, 0) is 30.3 Å². The van der Waals surface area contributed by atoms with Gasteiger partial charge in [0.2, 0.25) is 5.91 Å². The van der Waals surface area contributed by atoms with E-state index in [2.05, 4.69) is 5.32 Å². The molecule has 2 aromatic rings. The van der Waals surface area contributed by atoms with Gasteiger partial charge >= 0.3 is 5.97 Å². The highest BCUT2D eigenvalue weighted by Crippen LogP contribution is 2.34. The summed E-state index contributed by atoms with van der Waals surface area (Å²) in [5.41, 5.74) is 0.409. The number of nitrogens with one attached hydrogen (secondary N) is 1. The van der Waals surface area contributed by atoms with E-state index in [0.717, 1.165) is 17.0 Å². The van der Waals surface area contributed by atoms with E-state index >= 15 is 0 Å². The summed E-state index contributed by atoms with van der Waals surface area (Å²) in [5, 5.41) is 11.6.